The Balaban J connectivity index is 2.39. The molecule has 5 heteroatoms. The fourth-order valence-corrected chi connectivity index (χ4v) is 2.76. The lowest BCUT2D eigenvalue weighted by atomic mass is 10.0. The largest absolute Gasteiger partial charge is 0.478 e. The normalized spacial score (nSPS) is 23.2. The molecule has 0 spiro atoms. The molecule has 1 aliphatic rings. The Labute approximate surface area is 127 Å². The van der Waals surface area contributed by atoms with Crippen molar-refractivity contribution in [2.24, 2.45) is 11.8 Å². The maximum atomic E-state index is 11.0. The summed E-state index contributed by atoms with van der Waals surface area (Å²) in [6, 6.07) is 1.92. The van der Waals surface area contributed by atoms with E-state index in [1.165, 1.54) is 0 Å². The molecule has 2 heterocycles. The highest BCUT2D eigenvalue weighted by Gasteiger charge is 2.28. The van der Waals surface area contributed by atoms with Gasteiger partial charge >= 0.3 is 5.97 Å². The summed E-state index contributed by atoms with van der Waals surface area (Å²) < 4.78 is 0.853. The maximum Gasteiger partial charge on any atom is 0.331 e. The molecule has 2 rings (SSSR count). The van der Waals surface area contributed by atoms with Crippen LogP contribution < -0.4 is 4.90 Å². The van der Waals surface area contributed by atoms with E-state index in [0.717, 1.165) is 28.9 Å². The maximum absolute atomic E-state index is 11.0. The zero-order valence-electron chi connectivity index (χ0n) is 11.9. The molecule has 2 unspecified atom stereocenters. The van der Waals surface area contributed by atoms with Crippen LogP contribution in [0, 0.1) is 11.8 Å². The second-order valence-corrected chi connectivity index (χ2v) is 6.47. The fourth-order valence-electron chi connectivity index (χ4n) is 2.42. The molecule has 0 bridgehead atoms. The molecule has 0 aromatic carbocycles. The van der Waals surface area contributed by atoms with Crippen LogP contribution in [0.2, 0.25) is 0 Å². The molecule has 4 nitrogen and oxygen atoms in total. The number of carboxylic acids is 1. The summed E-state index contributed by atoms with van der Waals surface area (Å²) in [6.07, 6.45) is 3.44. The van der Waals surface area contributed by atoms with E-state index in [-0.39, 0.29) is 0 Å². The van der Waals surface area contributed by atoms with Crippen molar-refractivity contribution >= 4 is 33.8 Å². The van der Waals surface area contributed by atoms with Crippen LogP contribution >= 0.6 is 15.9 Å². The molecule has 108 valence electrons. The third kappa shape index (κ3) is 3.20. The first-order valence-corrected chi connectivity index (χ1v) is 7.50. The summed E-state index contributed by atoms with van der Waals surface area (Å²) in [7, 11) is 0. The van der Waals surface area contributed by atoms with E-state index >= 15 is 0 Å². The van der Waals surface area contributed by atoms with Crippen molar-refractivity contribution < 1.29 is 9.90 Å². The molecular weight excluding hydrogens is 320 g/mol. The van der Waals surface area contributed by atoms with Gasteiger partial charge in [0.2, 0.25) is 0 Å². The Bertz CT molecular complexity index is 547. The van der Waals surface area contributed by atoms with E-state index in [1.807, 2.05) is 6.07 Å². The zero-order chi connectivity index (χ0) is 14.9. The third-order valence-corrected chi connectivity index (χ3v) is 4.29. The van der Waals surface area contributed by atoms with Crippen LogP contribution in [0.25, 0.3) is 6.08 Å². The van der Waals surface area contributed by atoms with Gasteiger partial charge in [-0.1, -0.05) is 13.8 Å². The average Bonchev–Trinajstić information content (AvgIpc) is 2.69. The lowest BCUT2D eigenvalue weighted by Crippen LogP contribution is -2.21. The standard InChI is InChI=1S/C15H19BrN2O2/c1-9(15(19)20)4-12-5-13(16)6-17-14(12)18-7-10(2)11(3)8-18/h4-6,10-11H,7-8H2,1-3H3,(H,19,20)/b9-4+. The van der Waals surface area contributed by atoms with Gasteiger partial charge in [0.25, 0.3) is 0 Å². The van der Waals surface area contributed by atoms with Gasteiger partial charge in [0.05, 0.1) is 0 Å². The number of nitrogens with zero attached hydrogens (tertiary/aromatic N) is 2. The van der Waals surface area contributed by atoms with Crippen molar-refractivity contribution in [1.29, 1.82) is 0 Å². The Morgan fingerprint density at radius 3 is 2.60 bits per heavy atom. The molecule has 0 amide bonds. The highest BCUT2D eigenvalue weighted by molar-refractivity contribution is 9.10. The molecular formula is C15H19BrN2O2. The number of aromatic nitrogens is 1. The summed E-state index contributed by atoms with van der Waals surface area (Å²) in [5.41, 5.74) is 1.16. The highest BCUT2D eigenvalue weighted by atomic mass is 79.9. The third-order valence-electron chi connectivity index (χ3n) is 3.86. The van der Waals surface area contributed by atoms with E-state index in [2.05, 4.69) is 39.7 Å². The summed E-state index contributed by atoms with van der Waals surface area (Å²) in [4.78, 5) is 17.7. The zero-order valence-corrected chi connectivity index (χ0v) is 13.5. The smallest absolute Gasteiger partial charge is 0.331 e. The minimum Gasteiger partial charge on any atom is -0.478 e. The van der Waals surface area contributed by atoms with Crippen LogP contribution in [0.4, 0.5) is 5.82 Å². The number of rotatable bonds is 3. The number of hydrogen-bond donors (Lipinski definition) is 1. The van der Waals surface area contributed by atoms with Crippen LogP contribution in [0.1, 0.15) is 26.3 Å². The molecule has 1 fully saturated rings. The minimum atomic E-state index is -0.904. The van der Waals surface area contributed by atoms with E-state index in [0.29, 0.717) is 17.4 Å². The monoisotopic (exact) mass is 338 g/mol. The van der Waals surface area contributed by atoms with Crippen molar-refractivity contribution in [3.05, 3.63) is 27.9 Å². The lowest BCUT2D eigenvalue weighted by molar-refractivity contribution is -0.132. The Kier molecular flexibility index (Phi) is 4.48. The van der Waals surface area contributed by atoms with E-state index < -0.39 is 5.97 Å². The molecule has 2 atom stereocenters. The van der Waals surface area contributed by atoms with Gasteiger partial charge in [-0.3, -0.25) is 0 Å². The summed E-state index contributed by atoms with van der Waals surface area (Å²) >= 11 is 3.40. The van der Waals surface area contributed by atoms with E-state index in [4.69, 9.17) is 5.11 Å². The van der Waals surface area contributed by atoms with Gasteiger partial charge < -0.3 is 10.0 Å². The van der Waals surface area contributed by atoms with Crippen molar-refractivity contribution in [2.75, 3.05) is 18.0 Å². The van der Waals surface area contributed by atoms with Gasteiger partial charge in [0.1, 0.15) is 5.82 Å². The molecule has 1 aromatic heterocycles. The number of halogens is 1. The minimum absolute atomic E-state index is 0.312. The highest BCUT2D eigenvalue weighted by Crippen LogP contribution is 2.31. The molecule has 20 heavy (non-hydrogen) atoms. The quantitative estimate of drug-likeness (QED) is 0.858. The SMILES string of the molecule is C/C(=C\c1cc(Br)cnc1N1CC(C)C(C)C1)C(=O)O. The van der Waals surface area contributed by atoms with Gasteiger partial charge in [-0.05, 0) is 46.8 Å². The van der Waals surface area contributed by atoms with Crippen molar-refractivity contribution in [2.45, 2.75) is 20.8 Å². The first-order valence-electron chi connectivity index (χ1n) is 6.70. The number of hydrogen-bond acceptors (Lipinski definition) is 3. The van der Waals surface area contributed by atoms with E-state index in [1.54, 1.807) is 19.2 Å². The van der Waals surface area contributed by atoms with Gasteiger partial charge in [-0.25, -0.2) is 9.78 Å². The molecule has 1 N–H and O–H groups in total. The van der Waals surface area contributed by atoms with Crippen LogP contribution in [0.15, 0.2) is 22.3 Å². The van der Waals surface area contributed by atoms with Gasteiger partial charge in [0, 0.05) is 34.9 Å². The van der Waals surface area contributed by atoms with Crippen molar-refractivity contribution in [3.8, 4) is 0 Å². The fraction of sp³-hybridized carbons (Fsp3) is 0.467. The number of aliphatic carboxylic acids is 1. The first-order chi connectivity index (χ1) is 9.38. The summed E-state index contributed by atoms with van der Waals surface area (Å²) in [5.74, 6) is 1.21. The Morgan fingerprint density at radius 2 is 2.05 bits per heavy atom. The molecule has 0 radical (unpaired) electrons. The summed E-state index contributed by atoms with van der Waals surface area (Å²) in [5, 5.41) is 9.04. The number of pyridine rings is 1. The topological polar surface area (TPSA) is 53.4 Å². The predicted molar refractivity (Wildman–Crippen MR) is 83.8 cm³/mol. The average molecular weight is 339 g/mol. The first kappa shape index (κ1) is 15.0. The Morgan fingerprint density at radius 1 is 1.45 bits per heavy atom. The molecule has 0 saturated carbocycles. The van der Waals surface area contributed by atoms with Crippen LogP contribution in [0.5, 0.6) is 0 Å². The van der Waals surface area contributed by atoms with Gasteiger partial charge in [0.15, 0.2) is 0 Å². The van der Waals surface area contributed by atoms with Crippen molar-refractivity contribution in [1.82, 2.24) is 4.98 Å². The Hall–Kier alpha value is -1.36. The van der Waals surface area contributed by atoms with Gasteiger partial charge in [-0.2, -0.15) is 0 Å². The predicted octanol–water partition coefficient (Wildman–Crippen LogP) is 3.42. The van der Waals surface area contributed by atoms with Gasteiger partial charge in [-0.15, -0.1) is 0 Å². The molecule has 1 saturated heterocycles. The van der Waals surface area contributed by atoms with Crippen molar-refractivity contribution in [3.63, 3.8) is 0 Å². The number of carboxylic acid groups (broad SMARTS) is 1. The van der Waals surface area contributed by atoms with E-state index in [9.17, 15) is 4.79 Å². The number of anilines is 1. The van der Waals surface area contributed by atoms with Crippen LogP contribution in [0.3, 0.4) is 0 Å². The van der Waals surface area contributed by atoms with Crippen LogP contribution in [-0.4, -0.2) is 29.1 Å². The molecule has 1 aliphatic heterocycles. The second-order valence-electron chi connectivity index (χ2n) is 5.56. The summed E-state index contributed by atoms with van der Waals surface area (Å²) in [6.45, 7) is 8.00. The molecule has 0 aliphatic carbocycles. The lowest BCUT2D eigenvalue weighted by Gasteiger charge is -2.19. The van der Waals surface area contributed by atoms with Crippen LogP contribution in [-0.2, 0) is 4.79 Å². The number of carbonyl (C=O) groups is 1. The second kappa shape index (κ2) is 5.95. The molecule has 1 aromatic rings.